The Morgan fingerprint density at radius 3 is 2.62 bits per heavy atom. The fourth-order valence-electron chi connectivity index (χ4n) is 4.02. The summed E-state index contributed by atoms with van der Waals surface area (Å²) < 4.78 is 46.7. The number of aliphatic imine (C=N–C) groups is 1. The third-order valence-corrected chi connectivity index (χ3v) is 6.06. The van der Waals surface area contributed by atoms with E-state index in [0.717, 1.165) is 12.1 Å². The molecular weight excluding hydrogens is 511 g/mol. The van der Waals surface area contributed by atoms with Gasteiger partial charge in [-0.05, 0) is 60.0 Å². The number of aliphatic hydroxyl groups is 1. The van der Waals surface area contributed by atoms with Gasteiger partial charge in [0, 0.05) is 24.8 Å². The van der Waals surface area contributed by atoms with Crippen LogP contribution in [0.2, 0.25) is 0 Å². The van der Waals surface area contributed by atoms with Crippen molar-refractivity contribution in [3.05, 3.63) is 83.2 Å². The monoisotopic (exact) mass is 539 g/mol. The van der Waals surface area contributed by atoms with Crippen LogP contribution in [0.3, 0.4) is 0 Å². The molecule has 39 heavy (non-hydrogen) atoms. The number of hydrogen-bond donors (Lipinski definition) is 2. The van der Waals surface area contributed by atoms with Crippen LogP contribution in [0.25, 0.3) is 11.1 Å². The average Bonchev–Trinajstić information content (AvgIpc) is 2.94. The molecule has 3 aromatic rings. The zero-order valence-electron chi connectivity index (χ0n) is 21.4. The third kappa shape index (κ3) is 7.33. The van der Waals surface area contributed by atoms with Crippen molar-refractivity contribution in [2.45, 2.75) is 32.1 Å². The number of nitriles is 1. The molecule has 0 aliphatic carbocycles. The Labute approximate surface area is 224 Å². The first kappa shape index (κ1) is 29.1. The molecule has 0 saturated heterocycles. The first-order valence-corrected chi connectivity index (χ1v) is 12.0. The molecule has 1 atom stereocenters. The molecule has 8 nitrogen and oxygen atoms in total. The Hall–Kier alpha value is -4.43. The lowest BCUT2D eigenvalue weighted by molar-refractivity contribution is -0.137. The minimum Gasteiger partial charge on any atom is -0.496 e. The number of hydrogen-bond acceptors (Lipinski definition) is 6. The van der Waals surface area contributed by atoms with Gasteiger partial charge < -0.3 is 19.5 Å². The molecule has 0 spiro atoms. The van der Waals surface area contributed by atoms with E-state index < -0.39 is 24.3 Å². The first-order valence-electron chi connectivity index (χ1n) is 12.0. The third-order valence-electron chi connectivity index (χ3n) is 6.06. The summed E-state index contributed by atoms with van der Waals surface area (Å²) in [6.45, 7) is 1.81. The lowest BCUT2D eigenvalue weighted by atomic mass is 9.92. The molecule has 0 saturated carbocycles. The van der Waals surface area contributed by atoms with Crippen molar-refractivity contribution in [2.24, 2.45) is 4.99 Å². The fraction of sp³-hybridized carbons (Fsp3) is 0.286. The lowest BCUT2D eigenvalue weighted by Gasteiger charge is -2.26. The second-order valence-electron chi connectivity index (χ2n) is 8.47. The van der Waals surface area contributed by atoms with E-state index in [2.05, 4.69) is 15.3 Å². The number of rotatable bonds is 10. The van der Waals surface area contributed by atoms with E-state index in [9.17, 15) is 28.3 Å². The quantitative estimate of drug-likeness (QED) is 0.128. The van der Waals surface area contributed by atoms with E-state index in [-0.39, 0.29) is 19.0 Å². The van der Waals surface area contributed by atoms with Gasteiger partial charge in [-0.1, -0.05) is 18.2 Å². The number of aliphatic hydroxyl groups excluding tert-OH is 1. The number of alkyl halides is 3. The SMILES string of the molecule is CCN(Cc1cc(C(F)(F)F)ccc1-c1cc(C(C=O)CO)ccc1OC)C(=NCc1ccccn1)NC#N. The van der Waals surface area contributed by atoms with Crippen LogP contribution in [0.1, 0.15) is 35.2 Å². The zero-order valence-corrected chi connectivity index (χ0v) is 21.4. The van der Waals surface area contributed by atoms with Gasteiger partial charge in [0.2, 0.25) is 5.96 Å². The van der Waals surface area contributed by atoms with Crippen molar-refractivity contribution in [1.82, 2.24) is 15.2 Å². The normalized spacial score (nSPS) is 12.4. The smallest absolute Gasteiger partial charge is 0.416 e. The van der Waals surface area contributed by atoms with Crippen molar-refractivity contribution in [1.29, 1.82) is 5.26 Å². The number of aromatic nitrogens is 1. The minimum atomic E-state index is -4.59. The van der Waals surface area contributed by atoms with Gasteiger partial charge in [-0.15, -0.1) is 0 Å². The maximum Gasteiger partial charge on any atom is 0.416 e. The molecule has 0 aliphatic heterocycles. The Bertz CT molecular complexity index is 1340. The van der Waals surface area contributed by atoms with Crippen LogP contribution in [0, 0.1) is 11.5 Å². The number of nitrogens with one attached hydrogen (secondary N) is 1. The highest BCUT2D eigenvalue weighted by molar-refractivity contribution is 5.82. The van der Waals surface area contributed by atoms with Crippen LogP contribution in [0.15, 0.2) is 65.8 Å². The summed E-state index contributed by atoms with van der Waals surface area (Å²) in [5, 5.41) is 21.5. The second-order valence-corrected chi connectivity index (χ2v) is 8.47. The van der Waals surface area contributed by atoms with Gasteiger partial charge in [-0.3, -0.25) is 10.3 Å². The number of methoxy groups -OCH3 is 1. The van der Waals surface area contributed by atoms with Crippen LogP contribution < -0.4 is 10.1 Å². The van der Waals surface area contributed by atoms with Gasteiger partial charge >= 0.3 is 6.18 Å². The van der Waals surface area contributed by atoms with Crippen molar-refractivity contribution >= 4 is 12.2 Å². The van der Waals surface area contributed by atoms with Gasteiger partial charge in [0.15, 0.2) is 6.19 Å². The van der Waals surface area contributed by atoms with Crippen LogP contribution in [-0.4, -0.2) is 47.5 Å². The standard InChI is InChI=1S/C28H28F3N5O3/c1-3-36(27(35-18-32)34-14-23-6-4-5-11-33-23)15-20-12-22(28(29,30)31)8-9-24(20)25-13-19(21(16-37)17-38)7-10-26(25)39-2/h4-13,16,21,38H,3,14-15,17H2,1-2H3,(H,34,35). The summed E-state index contributed by atoms with van der Waals surface area (Å²) in [4.78, 5) is 21.8. The maximum atomic E-state index is 13.7. The number of benzene rings is 2. The van der Waals surface area contributed by atoms with E-state index in [1.54, 1.807) is 54.4 Å². The number of carbonyl (C=O) groups excluding carboxylic acids is 1. The predicted molar refractivity (Wildman–Crippen MR) is 140 cm³/mol. The second kappa shape index (κ2) is 13.4. The predicted octanol–water partition coefficient (Wildman–Crippen LogP) is 4.50. The summed E-state index contributed by atoms with van der Waals surface area (Å²) in [6, 6.07) is 13.6. The number of aldehydes is 1. The number of guanidine groups is 1. The molecule has 3 rings (SSSR count). The Morgan fingerprint density at radius 2 is 2.03 bits per heavy atom. The van der Waals surface area contributed by atoms with E-state index >= 15 is 0 Å². The average molecular weight is 540 g/mol. The molecule has 11 heteroatoms. The highest BCUT2D eigenvalue weighted by atomic mass is 19.4. The molecule has 0 radical (unpaired) electrons. The Morgan fingerprint density at radius 1 is 1.23 bits per heavy atom. The summed E-state index contributed by atoms with van der Waals surface area (Å²) in [5.41, 5.74) is 1.48. The summed E-state index contributed by atoms with van der Waals surface area (Å²) in [5.74, 6) is -0.245. The Kier molecular flexibility index (Phi) is 10.0. The van der Waals surface area contributed by atoms with Crippen molar-refractivity contribution in [2.75, 3.05) is 20.3 Å². The molecule has 1 heterocycles. The lowest BCUT2D eigenvalue weighted by Crippen LogP contribution is -2.39. The summed E-state index contributed by atoms with van der Waals surface area (Å²) in [6.07, 6.45) is -0.528. The van der Waals surface area contributed by atoms with Crippen molar-refractivity contribution < 1.29 is 27.8 Å². The number of carbonyl (C=O) groups is 1. The van der Waals surface area contributed by atoms with Crippen molar-refractivity contribution in [3.63, 3.8) is 0 Å². The minimum absolute atomic E-state index is 0.0318. The van der Waals surface area contributed by atoms with Gasteiger partial charge in [0.1, 0.15) is 12.0 Å². The molecule has 0 fully saturated rings. The molecule has 0 amide bonds. The fourth-order valence-corrected chi connectivity index (χ4v) is 4.02. The molecular formula is C28H28F3N5O3. The molecule has 1 aromatic heterocycles. The highest BCUT2D eigenvalue weighted by Gasteiger charge is 2.31. The molecule has 2 N–H and O–H groups in total. The van der Waals surface area contributed by atoms with Gasteiger partial charge in [-0.2, -0.15) is 18.4 Å². The maximum absolute atomic E-state index is 13.7. The number of pyridine rings is 1. The number of nitrogens with zero attached hydrogens (tertiary/aromatic N) is 4. The molecule has 0 bridgehead atoms. The first-order chi connectivity index (χ1) is 18.7. The van der Waals surface area contributed by atoms with Crippen LogP contribution in [0.5, 0.6) is 5.75 Å². The van der Waals surface area contributed by atoms with Gasteiger partial charge in [-0.25, -0.2) is 4.99 Å². The number of halogens is 3. The van der Waals surface area contributed by atoms with E-state index in [1.165, 1.54) is 13.2 Å². The van der Waals surface area contributed by atoms with Gasteiger partial charge in [0.05, 0.1) is 37.4 Å². The molecule has 2 aromatic carbocycles. The van der Waals surface area contributed by atoms with E-state index in [4.69, 9.17) is 4.74 Å². The molecule has 1 unspecified atom stereocenters. The van der Waals surface area contributed by atoms with Gasteiger partial charge in [0.25, 0.3) is 0 Å². The van der Waals surface area contributed by atoms with E-state index in [0.29, 0.717) is 46.5 Å². The van der Waals surface area contributed by atoms with E-state index in [1.807, 2.05) is 6.19 Å². The largest absolute Gasteiger partial charge is 0.496 e. The van der Waals surface area contributed by atoms with Crippen LogP contribution in [-0.2, 0) is 24.1 Å². The summed E-state index contributed by atoms with van der Waals surface area (Å²) in [7, 11) is 1.43. The molecule has 204 valence electrons. The van der Waals surface area contributed by atoms with Crippen LogP contribution in [0.4, 0.5) is 13.2 Å². The topological polar surface area (TPSA) is 111 Å². The van der Waals surface area contributed by atoms with Crippen LogP contribution >= 0.6 is 0 Å². The zero-order chi connectivity index (χ0) is 28.4. The highest BCUT2D eigenvalue weighted by Crippen LogP contribution is 2.38. The molecule has 0 aliphatic rings. The summed E-state index contributed by atoms with van der Waals surface area (Å²) >= 11 is 0. The Balaban J connectivity index is 2.12. The van der Waals surface area contributed by atoms with Crippen molar-refractivity contribution in [3.8, 4) is 23.1 Å². The number of ether oxygens (including phenoxy) is 1.